The van der Waals surface area contributed by atoms with E-state index in [4.69, 9.17) is 16.9 Å². The molecule has 4 rings (SSSR count). The van der Waals surface area contributed by atoms with Crippen molar-refractivity contribution >= 4 is 57.6 Å². The van der Waals surface area contributed by atoms with Gasteiger partial charge in [0.05, 0.1) is 44.9 Å². The Hall–Kier alpha value is -3.25. The van der Waals surface area contributed by atoms with Crippen LogP contribution in [0, 0.1) is 11.3 Å². The van der Waals surface area contributed by atoms with Crippen LogP contribution >= 0.6 is 35.1 Å². The number of carbonyl (C=O) groups excluding carboxylic acids is 1. The van der Waals surface area contributed by atoms with E-state index in [1.807, 2.05) is 24.3 Å². The van der Waals surface area contributed by atoms with Gasteiger partial charge in [-0.2, -0.15) is 5.26 Å². The third kappa shape index (κ3) is 5.22. The first kappa shape index (κ1) is 22.9. The van der Waals surface area contributed by atoms with Crippen molar-refractivity contribution in [1.82, 2.24) is 9.55 Å². The molecule has 0 fully saturated rings. The van der Waals surface area contributed by atoms with Crippen LogP contribution in [0.4, 0.5) is 5.69 Å². The molecule has 33 heavy (non-hydrogen) atoms. The lowest BCUT2D eigenvalue weighted by Gasteiger charge is -2.14. The zero-order valence-corrected chi connectivity index (χ0v) is 19.6. The molecule has 0 saturated heterocycles. The van der Waals surface area contributed by atoms with Crippen molar-refractivity contribution in [2.75, 3.05) is 16.8 Å². The molecule has 4 aromatic rings. The van der Waals surface area contributed by atoms with Crippen molar-refractivity contribution < 1.29 is 4.79 Å². The number of nitrogens with zero attached hydrogens (tertiary/aromatic N) is 3. The van der Waals surface area contributed by atoms with E-state index in [1.165, 1.54) is 16.3 Å². The van der Waals surface area contributed by atoms with E-state index in [0.29, 0.717) is 32.5 Å². The number of rotatable bonds is 7. The lowest BCUT2D eigenvalue weighted by atomic mass is 10.2. The highest BCUT2D eigenvalue weighted by molar-refractivity contribution is 8.00. The number of halogens is 1. The smallest absolute Gasteiger partial charge is 0.266 e. The average Bonchev–Trinajstić information content (AvgIpc) is 2.83. The summed E-state index contributed by atoms with van der Waals surface area (Å²) in [7, 11) is 0. The van der Waals surface area contributed by atoms with Gasteiger partial charge in [-0.3, -0.25) is 14.2 Å². The molecule has 9 heteroatoms. The summed E-state index contributed by atoms with van der Waals surface area (Å²) in [6.07, 6.45) is 0. The highest BCUT2D eigenvalue weighted by Crippen LogP contribution is 2.28. The van der Waals surface area contributed by atoms with Crippen LogP contribution in [-0.4, -0.2) is 27.0 Å². The standard InChI is InChI=1S/C24H17ClN4O2S2/c25-17-8-2-5-11-20(17)29-23(31)16-7-1-3-9-18(16)28-24(29)33-15-22(30)27-19-10-4-6-12-21(19)32-14-13-26/h1-12H,14-15H2,(H,27,30). The molecule has 6 nitrogen and oxygen atoms in total. The molecule has 164 valence electrons. The number of nitrogens with one attached hydrogen (secondary N) is 1. The Morgan fingerprint density at radius 3 is 2.58 bits per heavy atom. The van der Waals surface area contributed by atoms with Crippen molar-refractivity contribution in [1.29, 1.82) is 5.26 Å². The number of nitriles is 1. The first-order chi connectivity index (χ1) is 16.1. The number of amides is 1. The topological polar surface area (TPSA) is 87.8 Å². The Morgan fingerprint density at radius 2 is 1.76 bits per heavy atom. The largest absolute Gasteiger partial charge is 0.324 e. The number of carbonyl (C=O) groups is 1. The van der Waals surface area contributed by atoms with Gasteiger partial charge < -0.3 is 5.32 Å². The number of anilines is 1. The Balaban J connectivity index is 1.64. The summed E-state index contributed by atoms with van der Waals surface area (Å²) in [6.45, 7) is 0. The summed E-state index contributed by atoms with van der Waals surface area (Å²) in [5.41, 5.74) is 1.43. The van der Waals surface area contributed by atoms with E-state index >= 15 is 0 Å². The predicted octanol–water partition coefficient (Wildman–Crippen LogP) is 5.39. The summed E-state index contributed by atoms with van der Waals surface area (Å²) in [5.74, 6) is 0.0670. The number of benzene rings is 3. The minimum atomic E-state index is -0.255. The van der Waals surface area contributed by atoms with Crippen molar-refractivity contribution in [3.8, 4) is 11.8 Å². The Labute approximate surface area is 203 Å². The maximum absolute atomic E-state index is 13.3. The molecule has 0 radical (unpaired) electrons. The summed E-state index contributed by atoms with van der Waals surface area (Å²) in [4.78, 5) is 31.5. The molecule has 0 unspecified atom stereocenters. The maximum atomic E-state index is 13.3. The number of fused-ring (bicyclic) bond motifs is 1. The van der Waals surface area contributed by atoms with Crippen LogP contribution < -0.4 is 10.9 Å². The molecule has 0 saturated carbocycles. The monoisotopic (exact) mass is 492 g/mol. The van der Waals surface area contributed by atoms with E-state index in [2.05, 4.69) is 16.4 Å². The highest BCUT2D eigenvalue weighted by atomic mass is 35.5. The van der Waals surface area contributed by atoms with Crippen molar-refractivity contribution in [2.24, 2.45) is 0 Å². The number of hydrogen-bond donors (Lipinski definition) is 1. The lowest BCUT2D eigenvalue weighted by Crippen LogP contribution is -2.23. The molecule has 0 aliphatic carbocycles. The van der Waals surface area contributed by atoms with Gasteiger partial charge in [-0.1, -0.05) is 59.8 Å². The van der Waals surface area contributed by atoms with Gasteiger partial charge in [-0.25, -0.2) is 4.98 Å². The second kappa shape index (κ2) is 10.6. The van der Waals surface area contributed by atoms with Crippen molar-refractivity contribution in [2.45, 2.75) is 10.1 Å². The fourth-order valence-corrected chi connectivity index (χ4v) is 4.87. The SMILES string of the molecule is N#CCSc1ccccc1NC(=O)CSc1nc2ccccc2c(=O)n1-c1ccccc1Cl. The molecule has 0 aliphatic rings. The summed E-state index contributed by atoms with van der Waals surface area (Å²) in [6, 6.07) is 23.5. The zero-order valence-electron chi connectivity index (χ0n) is 17.2. The summed E-state index contributed by atoms with van der Waals surface area (Å²) < 4.78 is 1.44. The third-order valence-corrected chi connectivity index (χ3v) is 6.82. The van der Waals surface area contributed by atoms with Gasteiger partial charge in [0.2, 0.25) is 5.91 Å². The van der Waals surface area contributed by atoms with Gasteiger partial charge >= 0.3 is 0 Å². The second-order valence-electron chi connectivity index (χ2n) is 6.78. The minimum absolute atomic E-state index is 0.0342. The fraction of sp³-hybridized carbons (Fsp3) is 0.0833. The first-order valence-corrected chi connectivity index (χ1v) is 12.2. The molecule has 0 aliphatic heterocycles. The lowest BCUT2D eigenvalue weighted by molar-refractivity contribution is -0.113. The average molecular weight is 493 g/mol. The highest BCUT2D eigenvalue weighted by Gasteiger charge is 2.17. The van der Waals surface area contributed by atoms with Crippen LogP contribution in [0.1, 0.15) is 0 Å². The second-order valence-corrected chi connectivity index (χ2v) is 9.15. The molecule has 3 aromatic carbocycles. The summed E-state index contributed by atoms with van der Waals surface area (Å²) >= 11 is 8.89. The maximum Gasteiger partial charge on any atom is 0.266 e. The Bertz CT molecular complexity index is 1430. The normalized spacial score (nSPS) is 10.7. The molecular formula is C24H17ClN4O2S2. The molecule has 0 spiro atoms. The zero-order chi connectivity index (χ0) is 23.2. The summed E-state index contributed by atoms with van der Waals surface area (Å²) in [5, 5.41) is 13.0. The fourth-order valence-electron chi connectivity index (χ4n) is 3.18. The van der Waals surface area contributed by atoms with Crippen LogP contribution in [0.5, 0.6) is 0 Å². The number of thioether (sulfide) groups is 2. The molecule has 1 aromatic heterocycles. The number of aromatic nitrogens is 2. The van der Waals surface area contributed by atoms with Crippen LogP contribution in [0.15, 0.2) is 87.6 Å². The quantitative estimate of drug-likeness (QED) is 0.275. The van der Waals surface area contributed by atoms with E-state index in [1.54, 1.807) is 48.5 Å². The van der Waals surface area contributed by atoms with Gasteiger partial charge in [0.25, 0.3) is 5.56 Å². The Morgan fingerprint density at radius 1 is 1.03 bits per heavy atom. The van der Waals surface area contributed by atoms with E-state index in [9.17, 15) is 9.59 Å². The minimum Gasteiger partial charge on any atom is -0.324 e. The van der Waals surface area contributed by atoms with Gasteiger partial charge in [0, 0.05) is 4.90 Å². The van der Waals surface area contributed by atoms with Gasteiger partial charge in [0.1, 0.15) is 0 Å². The Kier molecular flexibility index (Phi) is 7.35. The van der Waals surface area contributed by atoms with Crippen LogP contribution in [0.2, 0.25) is 5.02 Å². The van der Waals surface area contributed by atoms with Gasteiger partial charge in [0.15, 0.2) is 5.16 Å². The van der Waals surface area contributed by atoms with E-state index in [-0.39, 0.29) is 23.0 Å². The van der Waals surface area contributed by atoms with Crippen molar-refractivity contribution in [3.63, 3.8) is 0 Å². The molecule has 1 N–H and O–H groups in total. The molecule has 0 bridgehead atoms. The predicted molar refractivity (Wildman–Crippen MR) is 134 cm³/mol. The number of hydrogen-bond acceptors (Lipinski definition) is 6. The van der Waals surface area contributed by atoms with E-state index in [0.717, 1.165) is 16.7 Å². The van der Waals surface area contributed by atoms with Crippen molar-refractivity contribution in [3.05, 3.63) is 88.2 Å². The van der Waals surface area contributed by atoms with Crippen LogP contribution in [-0.2, 0) is 4.79 Å². The molecule has 1 heterocycles. The number of para-hydroxylation sites is 3. The van der Waals surface area contributed by atoms with Gasteiger partial charge in [-0.15, -0.1) is 11.8 Å². The third-order valence-electron chi connectivity index (χ3n) is 4.62. The molecule has 0 atom stereocenters. The molecular weight excluding hydrogens is 476 g/mol. The van der Waals surface area contributed by atoms with E-state index < -0.39 is 0 Å². The van der Waals surface area contributed by atoms with Crippen LogP contribution in [0.3, 0.4) is 0 Å². The first-order valence-electron chi connectivity index (χ1n) is 9.86. The van der Waals surface area contributed by atoms with Gasteiger partial charge in [-0.05, 0) is 36.4 Å². The molecule has 1 amide bonds. The van der Waals surface area contributed by atoms with Crippen LogP contribution in [0.25, 0.3) is 16.6 Å².